The third kappa shape index (κ3) is 4.16. The lowest BCUT2D eigenvalue weighted by molar-refractivity contribution is 0.0917. The Labute approximate surface area is 166 Å². The molecule has 4 rings (SSSR count). The van der Waals surface area contributed by atoms with Crippen LogP contribution in [0.5, 0.6) is 0 Å². The van der Waals surface area contributed by atoms with Crippen LogP contribution in [-0.4, -0.2) is 30.4 Å². The molecule has 2 amide bonds. The zero-order valence-corrected chi connectivity index (χ0v) is 16.2. The van der Waals surface area contributed by atoms with Crippen molar-refractivity contribution in [1.82, 2.24) is 16.2 Å². The predicted molar refractivity (Wildman–Crippen MR) is 107 cm³/mol. The highest BCUT2D eigenvalue weighted by Crippen LogP contribution is 2.28. The lowest BCUT2D eigenvalue weighted by Crippen LogP contribution is -2.44. The Morgan fingerprint density at radius 3 is 2.89 bits per heavy atom. The number of rotatable bonds is 4. The van der Waals surface area contributed by atoms with Gasteiger partial charge >= 0.3 is 0 Å². The number of halogens is 1. The molecule has 3 unspecified atom stereocenters. The normalized spacial score (nSPS) is 24.3. The lowest BCUT2D eigenvalue weighted by Gasteiger charge is -2.31. The van der Waals surface area contributed by atoms with Crippen LogP contribution in [0.4, 0.5) is 5.69 Å². The molecule has 1 aliphatic heterocycles. The second-order valence-electron chi connectivity index (χ2n) is 7.00. The number of thiophene rings is 1. The molecule has 1 aromatic heterocycles. The van der Waals surface area contributed by atoms with E-state index in [4.69, 9.17) is 11.6 Å². The molecular formula is C19H21ClN4O2S. The fraction of sp³-hybridized carbons (Fsp3) is 0.368. The first kappa shape index (κ1) is 18.4. The van der Waals surface area contributed by atoms with Gasteiger partial charge in [0.2, 0.25) is 0 Å². The predicted octanol–water partition coefficient (Wildman–Crippen LogP) is 3.03. The van der Waals surface area contributed by atoms with E-state index in [9.17, 15) is 9.59 Å². The van der Waals surface area contributed by atoms with Crippen molar-refractivity contribution in [2.24, 2.45) is 5.92 Å². The van der Waals surface area contributed by atoms with Crippen molar-refractivity contribution in [3.8, 4) is 0 Å². The van der Waals surface area contributed by atoms with Crippen molar-refractivity contribution in [3.05, 3.63) is 51.2 Å². The Balaban J connectivity index is 1.42. The molecule has 8 heteroatoms. The summed E-state index contributed by atoms with van der Waals surface area (Å²) in [5.41, 5.74) is 7.42. The van der Waals surface area contributed by atoms with Crippen LogP contribution in [-0.2, 0) is 0 Å². The van der Waals surface area contributed by atoms with Crippen LogP contribution < -0.4 is 21.5 Å². The molecule has 0 bridgehead atoms. The molecular weight excluding hydrogens is 384 g/mol. The molecule has 27 heavy (non-hydrogen) atoms. The Morgan fingerprint density at radius 1 is 1.19 bits per heavy atom. The molecule has 6 nitrogen and oxygen atoms in total. The van der Waals surface area contributed by atoms with Crippen LogP contribution in [0.25, 0.3) is 0 Å². The Hall–Kier alpha value is -1.93. The van der Waals surface area contributed by atoms with Crippen molar-refractivity contribution < 1.29 is 9.59 Å². The van der Waals surface area contributed by atoms with Gasteiger partial charge < -0.3 is 10.6 Å². The highest BCUT2D eigenvalue weighted by Gasteiger charge is 2.34. The average Bonchev–Trinajstić information content (AvgIpc) is 3.34. The van der Waals surface area contributed by atoms with Crippen molar-refractivity contribution >= 4 is 40.4 Å². The zero-order chi connectivity index (χ0) is 18.8. The molecule has 3 atom stereocenters. The smallest absolute Gasteiger partial charge is 0.265 e. The summed E-state index contributed by atoms with van der Waals surface area (Å²) in [6, 6.07) is 9.19. The van der Waals surface area contributed by atoms with Crippen LogP contribution in [0.15, 0.2) is 35.7 Å². The largest absolute Gasteiger partial charge is 0.349 e. The highest BCUT2D eigenvalue weighted by molar-refractivity contribution is 7.12. The van der Waals surface area contributed by atoms with Gasteiger partial charge in [-0.15, -0.1) is 11.3 Å². The van der Waals surface area contributed by atoms with E-state index in [0.29, 0.717) is 33.1 Å². The summed E-state index contributed by atoms with van der Waals surface area (Å²) in [5.74, 6) is 0.180. The number of carbonyl (C=O) groups is 2. The van der Waals surface area contributed by atoms with E-state index >= 15 is 0 Å². The molecule has 4 N–H and O–H groups in total. The van der Waals surface area contributed by atoms with Crippen LogP contribution >= 0.6 is 22.9 Å². The first-order valence-electron chi connectivity index (χ1n) is 9.04. The molecule has 1 aromatic carbocycles. The van der Waals surface area contributed by atoms with Crippen LogP contribution in [0, 0.1) is 5.92 Å². The van der Waals surface area contributed by atoms with Gasteiger partial charge in [-0.05, 0) is 54.8 Å². The van der Waals surface area contributed by atoms with E-state index in [-0.39, 0.29) is 17.9 Å². The molecule has 2 fully saturated rings. The minimum atomic E-state index is -0.232. The van der Waals surface area contributed by atoms with E-state index in [0.717, 1.165) is 25.8 Å². The number of anilines is 1. The van der Waals surface area contributed by atoms with Gasteiger partial charge in [0.05, 0.1) is 15.6 Å². The van der Waals surface area contributed by atoms with Gasteiger partial charge in [0.1, 0.15) is 0 Å². The Bertz CT molecular complexity index is 842. The molecule has 0 radical (unpaired) electrons. The van der Waals surface area contributed by atoms with Gasteiger partial charge in [0.15, 0.2) is 0 Å². The second-order valence-corrected chi connectivity index (χ2v) is 8.36. The summed E-state index contributed by atoms with van der Waals surface area (Å²) in [6.07, 6.45) is 2.97. The lowest BCUT2D eigenvalue weighted by atomic mass is 9.83. The molecule has 0 spiro atoms. The van der Waals surface area contributed by atoms with Gasteiger partial charge in [-0.25, -0.2) is 0 Å². The van der Waals surface area contributed by atoms with Crippen molar-refractivity contribution in [2.45, 2.75) is 31.3 Å². The van der Waals surface area contributed by atoms with E-state index in [1.54, 1.807) is 24.3 Å². The van der Waals surface area contributed by atoms with Gasteiger partial charge in [0, 0.05) is 24.2 Å². The number of carbonyl (C=O) groups excluding carboxylic acids is 2. The quantitative estimate of drug-likeness (QED) is 0.631. The van der Waals surface area contributed by atoms with Crippen molar-refractivity contribution in [3.63, 3.8) is 0 Å². The van der Waals surface area contributed by atoms with E-state index < -0.39 is 0 Å². The van der Waals surface area contributed by atoms with E-state index in [2.05, 4.69) is 21.5 Å². The van der Waals surface area contributed by atoms with Gasteiger partial charge in [-0.1, -0.05) is 17.7 Å². The standard InChI is InChI=1S/C19H21ClN4O2S/c20-14-5-3-11(9-16(14)23-19(26)17-2-1-7-27-17)18(25)22-13-4-6-15-12(8-13)10-21-24-15/h1-3,5,7,9,12-13,15,21,24H,4,6,8,10H2,(H,22,25)(H,23,26). The molecule has 1 aliphatic carbocycles. The van der Waals surface area contributed by atoms with Crippen LogP contribution in [0.2, 0.25) is 5.02 Å². The van der Waals surface area contributed by atoms with Crippen molar-refractivity contribution in [1.29, 1.82) is 0 Å². The summed E-state index contributed by atoms with van der Waals surface area (Å²) < 4.78 is 0. The minimum absolute atomic E-state index is 0.138. The average molecular weight is 405 g/mol. The molecule has 1 saturated heterocycles. The molecule has 2 aliphatic rings. The second kappa shape index (κ2) is 7.98. The monoisotopic (exact) mass is 404 g/mol. The maximum absolute atomic E-state index is 12.7. The van der Waals surface area contributed by atoms with E-state index in [1.807, 2.05) is 11.4 Å². The number of hydrogen-bond donors (Lipinski definition) is 4. The fourth-order valence-electron chi connectivity index (χ4n) is 3.75. The summed E-state index contributed by atoms with van der Waals surface area (Å²) in [6.45, 7) is 0.941. The summed E-state index contributed by atoms with van der Waals surface area (Å²) in [4.78, 5) is 25.5. The third-order valence-electron chi connectivity index (χ3n) is 5.19. The zero-order valence-electron chi connectivity index (χ0n) is 14.6. The molecule has 1 saturated carbocycles. The van der Waals surface area contributed by atoms with Crippen molar-refractivity contribution in [2.75, 3.05) is 11.9 Å². The van der Waals surface area contributed by atoms with E-state index in [1.165, 1.54) is 11.3 Å². The van der Waals surface area contributed by atoms with Gasteiger partial charge in [-0.2, -0.15) is 0 Å². The third-order valence-corrected chi connectivity index (χ3v) is 6.39. The minimum Gasteiger partial charge on any atom is -0.349 e. The number of amides is 2. The Morgan fingerprint density at radius 2 is 2.07 bits per heavy atom. The number of fused-ring (bicyclic) bond motifs is 1. The summed E-state index contributed by atoms with van der Waals surface area (Å²) >= 11 is 7.56. The molecule has 2 aromatic rings. The summed E-state index contributed by atoms with van der Waals surface area (Å²) in [7, 11) is 0. The van der Waals surface area contributed by atoms with Gasteiger partial charge in [0.25, 0.3) is 11.8 Å². The maximum Gasteiger partial charge on any atom is 0.265 e. The first-order chi connectivity index (χ1) is 13.1. The van der Waals surface area contributed by atoms with Gasteiger partial charge in [-0.3, -0.25) is 20.4 Å². The molecule has 2 heterocycles. The maximum atomic E-state index is 12.7. The van der Waals surface area contributed by atoms with Crippen LogP contribution in [0.1, 0.15) is 39.3 Å². The highest BCUT2D eigenvalue weighted by atomic mass is 35.5. The Kier molecular flexibility index (Phi) is 5.45. The summed E-state index contributed by atoms with van der Waals surface area (Å²) in [5, 5.41) is 8.15. The number of benzene rings is 1. The fourth-order valence-corrected chi connectivity index (χ4v) is 4.54. The number of hydrazine groups is 1. The first-order valence-corrected chi connectivity index (χ1v) is 10.3. The molecule has 142 valence electrons. The number of hydrogen-bond acceptors (Lipinski definition) is 5. The topological polar surface area (TPSA) is 82.3 Å². The van der Waals surface area contributed by atoms with Crippen LogP contribution in [0.3, 0.4) is 0 Å². The SMILES string of the molecule is O=C(NC1CCC2NNCC2C1)c1ccc(Cl)c(NC(=O)c2cccs2)c1. The number of nitrogens with one attached hydrogen (secondary N) is 4.